The smallest absolute Gasteiger partial charge is 0.0462 e. The molecule has 0 atom stereocenters. The second kappa shape index (κ2) is 7.25. The van der Waals surface area contributed by atoms with E-state index in [2.05, 4.69) is 24.1 Å². The Morgan fingerprint density at radius 2 is 1.88 bits per heavy atom. The molecule has 90 valence electrons. The standard InChI is InChI=1S/C13H22N2O/c1-15(9-3-4-10-16-2)11-12-5-7-13(14)8-6-12/h5-8H,3-4,9-11,14H2,1-2H3. The highest BCUT2D eigenvalue weighted by Gasteiger charge is 1.99. The number of nitrogens with two attached hydrogens (primary N) is 1. The molecular weight excluding hydrogens is 200 g/mol. The number of nitrogen functional groups attached to an aromatic ring is 1. The van der Waals surface area contributed by atoms with E-state index >= 15 is 0 Å². The van der Waals surface area contributed by atoms with Crippen molar-refractivity contribution in [2.24, 2.45) is 0 Å². The molecule has 0 aliphatic carbocycles. The summed E-state index contributed by atoms with van der Waals surface area (Å²) in [7, 11) is 3.89. The van der Waals surface area contributed by atoms with Gasteiger partial charge in [0.25, 0.3) is 0 Å². The van der Waals surface area contributed by atoms with E-state index < -0.39 is 0 Å². The summed E-state index contributed by atoms with van der Waals surface area (Å²) >= 11 is 0. The summed E-state index contributed by atoms with van der Waals surface area (Å²) in [5, 5.41) is 0. The highest BCUT2D eigenvalue weighted by molar-refractivity contribution is 5.39. The van der Waals surface area contributed by atoms with E-state index in [0.717, 1.165) is 31.8 Å². The van der Waals surface area contributed by atoms with Crippen molar-refractivity contribution in [3.8, 4) is 0 Å². The lowest BCUT2D eigenvalue weighted by atomic mass is 10.2. The lowest BCUT2D eigenvalue weighted by Crippen LogP contribution is -2.19. The zero-order valence-corrected chi connectivity index (χ0v) is 10.3. The Hall–Kier alpha value is -1.06. The molecule has 0 saturated heterocycles. The molecule has 1 rings (SSSR count). The Labute approximate surface area is 98.2 Å². The van der Waals surface area contributed by atoms with Gasteiger partial charge >= 0.3 is 0 Å². The van der Waals surface area contributed by atoms with Crippen LogP contribution < -0.4 is 5.73 Å². The monoisotopic (exact) mass is 222 g/mol. The van der Waals surface area contributed by atoms with Gasteiger partial charge in [0.15, 0.2) is 0 Å². The van der Waals surface area contributed by atoms with Crippen molar-refractivity contribution in [3.63, 3.8) is 0 Å². The predicted molar refractivity (Wildman–Crippen MR) is 68.3 cm³/mol. The van der Waals surface area contributed by atoms with Crippen LogP contribution in [0.3, 0.4) is 0 Å². The van der Waals surface area contributed by atoms with E-state index in [1.165, 1.54) is 12.0 Å². The average Bonchev–Trinajstić information content (AvgIpc) is 2.28. The molecule has 1 aromatic rings. The highest BCUT2D eigenvalue weighted by atomic mass is 16.5. The van der Waals surface area contributed by atoms with Gasteiger partial charge in [-0.05, 0) is 44.1 Å². The van der Waals surface area contributed by atoms with Crippen LogP contribution in [-0.2, 0) is 11.3 Å². The zero-order valence-electron chi connectivity index (χ0n) is 10.3. The average molecular weight is 222 g/mol. The number of benzene rings is 1. The minimum atomic E-state index is 0.825. The first-order chi connectivity index (χ1) is 7.72. The molecule has 3 heteroatoms. The molecule has 0 heterocycles. The minimum Gasteiger partial charge on any atom is -0.399 e. The molecule has 1 aromatic carbocycles. The van der Waals surface area contributed by atoms with Crippen molar-refractivity contribution in [1.29, 1.82) is 0 Å². The zero-order chi connectivity index (χ0) is 11.8. The van der Waals surface area contributed by atoms with E-state index in [1.807, 2.05) is 12.1 Å². The first kappa shape index (κ1) is 13.0. The van der Waals surface area contributed by atoms with Crippen LogP contribution in [0, 0.1) is 0 Å². The van der Waals surface area contributed by atoms with Gasteiger partial charge in [0.2, 0.25) is 0 Å². The van der Waals surface area contributed by atoms with Gasteiger partial charge in [-0.25, -0.2) is 0 Å². The topological polar surface area (TPSA) is 38.5 Å². The van der Waals surface area contributed by atoms with Crippen LogP contribution in [0.4, 0.5) is 5.69 Å². The van der Waals surface area contributed by atoms with Crippen LogP contribution >= 0.6 is 0 Å². The third kappa shape index (κ3) is 5.14. The van der Waals surface area contributed by atoms with Gasteiger partial charge in [-0.15, -0.1) is 0 Å². The van der Waals surface area contributed by atoms with E-state index in [1.54, 1.807) is 7.11 Å². The molecular formula is C13H22N2O. The summed E-state index contributed by atoms with van der Waals surface area (Å²) in [6.07, 6.45) is 2.31. The Bertz CT molecular complexity index is 284. The van der Waals surface area contributed by atoms with Crippen molar-refractivity contribution in [3.05, 3.63) is 29.8 Å². The summed E-state index contributed by atoms with van der Waals surface area (Å²) in [5.74, 6) is 0. The summed E-state index contributed by atoms with van der Waals surface area (Å²) in [5.41, 5.74) is 7.78. The molecule has 0 aliphatic heterocycles. The number of hydrogen-bond donors (Lipinski definition) is 1. The van der Waals surface area contributed by atoms with E-state index in [0.29, 0.717) is 0 Å². The fourth-order valence-electron chi connectivity index (χ4n) is 1.64. The second-order valence-corrected chi connectivity index (χ2v) is 4.18. The first-order valence-corrected chi connectivity index (χ1v) is 5.74. The Balaban J connectivity index is 2.23. The summed E-state index contributed by atoms with van der Waals surface area (Å²) in [6.45, 7) is 2.94. The minimum absolute atomic E-state index is 0.825. The predicted octanol–water partition coefficient (Wildman–Crippen LogP) is 2.13. The van der Waals surface area contributed by atoms with Crippen molar-refractivity contribution in [2.45, 2.75) is 19.4 Å². The molecule has 0 fully saturated rings. The Kier molecular flexibility index (Phi) is 5.90. The molecule has 0 saturated carbocycles. The summed E-state index contributed by atoms with van der Waals surface area (Å²) < 4.78 is 5.02. The molecule has 3 nitrogen and oxygen atoms in total. The molecule has 16 heavy (non-hydrogen) atoms. The van der Waals surface area contributed by atoms with Crippen molar-refractivity contribution in [1.82, 2.24) is 4.90 Å². The maximum absolute atomic E-state index is 5.64. The lowest BCUT2D eigenvalue weighted by Gasteiger charge is -2.16. The third-order valence-electron chi connectivity index (χ3n) is 2.57. The van der Waals surface area contributed by atoms with Gasteiger partial charge in [0, 0.05) is 25.9 Å². The summed E-state index contributed by atoms with van der Waals surface area (Å²) in [6, 6.07) is 8.07. The van der Waals surface area contributed by atoms with E-state index in [4.69, 9.17) is 10.5 Å². The van der Waals surface area contributed by atoms with Gasteiger partial charge in [-0.2, -0.15) is 0 Å². The number of nitrogens with zero attached hydrogens (tertiary/aromatic N) is 1. The Morgan fingerprint density at radius 1 is 1.19 bits per heavy atom. The number of unbranched alkanes of at least 4 members (excludes halogenated alkanes) is 1. The highest BCUT2D eigenvalue weighted by Crippen LogP contribution is 2.08. The fraction of sp³-hybridized carbons (Fsp3) is 0.538. The molecule has 0 aliphatic rings. The first-order valence-electron chi connectivity index (χ1n) is 5.74. The molecule has 0 bridgehead atoms. The largest absolute Gasteiger partial charge is 0.399 e. The number of anilines is 1. The van der Waals surface area contributed by atoms with Crippen LogP contribution in [0.25, 0.3) is 0 Å². The van der Waals surface area contributed by atoms with Gasteiger partial charge in [-0.1, -0.05) is 12.1 Å². The maximum atomic E-state index is 5.64. The summed E-state index contributed by atoms with van der Waals surface area (Å²) in [4.78, 5) is 2.32. The second-order valence-electron chi connectivity index (χ2n) is 4.18. The van der Waals surface area contributed by atoms with Gasteiger partial charge in [0.05, 0.1) is 0 Å². The molecule has 0 aromatic heterocycles. The van der Waals surface area contributed by atoms with Gasteiger partial charge in [-0.3, -0.25) is 0 Å². The van der Waals surface area contributed by atoms with Crippen molar-refractivity contribution < 1.29 is 4.74 Å². The SMILES string of the molecule is COCCCCN(C)Cc1ccc(N)cc1. The van der Waals surface area contributed by atoms with Crippen molar-refractivity contribution >= 4 is 5.69 Å². The molecule has 0 amide bonds. The van der Waals surface area contributed by atoms with Crippen LogP contribution in [0.5, 0.6) is 0 Å². The number of hydrogen-bond acceptors (Lipinski definition) is 3. The quantitative estimate of drug-likeness (QED) is 0.567. The van der Waals surface area contributed by atoms with Crippen LogP contribution in [0.1, 0.15) is 18.4 Å². The van der Waals surface area contributed by atoms with Crippen LogP contribution in [0.15, 0.2) is 24.3 Å². The van der Waals surface area contributed by atoms with Gasteiger partial charge in [0.1, 0.15) is 0 Å². The van der Waals surface area contributed by atoms with Crippen LogP contribution in [-0.4, -0.2) is 32.2 Å². The molecule has 0 radical (unpaired) electrons. The number of methoxy groups -OCH3 is 1. The molecule has 2 N–H and O–H groups in total. The molecule has 0 spiro atoms. The lowest BCUT2D eigenvalue weighted by molar-refractivity contribution is 0.186. The van der Waals surface area contributed by atoms with E-state index in [9.17, 15) is 0 Å². The normalized spacial score (nSPS) is 10.9. The molecule has 0 unspecified atom stereocenters. The third-order valence-corrected chi connectivity index (χ3v) is 2.57. The van der Waals surface area contributed by atoms with Gasteiger partial charge < -0.3 is 15.4 Å². The fourth-order valence-corrected chi connectivity index (χ4v) is 1.64. The Morgan fingerprint density at radius 3 is 2.50 bits per heavy atom. The number of rotatable bonds is 7. The van der Waals surface area contributed by atoms with Crippen molar-refractivity contribution in [2.75, 3.05) is 33.0 Å². The van der Waals surface area contributed by atoms with E-state index in [-0.39, 0.29) is 0 Å². The van der Waals surface area contributed by atoms with Crippen LogP contribution in [0.2, 0.25) is 0 Å². The maximum Gasteiger partial charge on any atom is 0.0462 e. The number of ether oxygens (including phenoxy) is 1.